The van der Waals surface area contributed by atoms with Crippen LogP contribution in [0.1, 0.15) is 17.3 Å². The average molecular weight is 627 g/mol. The fourth-order valence-electron chi connectivity index (χ4n) is 8.14. The lowest BCUT2D eigenvalue weighted by atomic mass is 9.71. The van der Waals surface area contributed by atoms with Crippen molar-refractivity contribution >= 4 is 57.0 Å². The van der Waals surface area contributed by atoms with Gasteiger partial charge in [-0.05, 0) is 113 Å². The lowest BCUT2D eigenvalue weighted by molar-refractivity contribution is 0.112. The molecule has 1 aliphatic rings. The monoisotopic (exact) mass is 626 g/mol. The zero-order valence-electron chi connectivity index (χ0n) is 27.5. The number of aldehydes is 1. The van der Waals surface area contributed by atoms with Crippen molar-refractivity contribution in [3.8, 4) is 55.6 Å². The molecule has 0 heterocycles. The van der Waals surface area contributed by atoms with Gasteiger partial charge in [0.15, 0.2) is 13.6 Å². The third-order valence-electron chi connectivity index (χ3n) is 10.2. The van der Waals surface area contributed by atoms with Gasteiger partial charge in [0.2, 0.25) is 0 Å². The fraction of sp³-hybridized carbons (Fsp3) is 0.0652. The minimum absolute atomic E-state index is 0.676. The van der Waals surface area contributed by atoms with Crippen LogP contribution in [0.3, 0.4) is 0 Å². The van der Waals surface area contributed by atoms with E-state index in [1.165, 1.54) is 76.8 Å². The highest BCUT2D eigenvalue weighted by Crippen LogP contribution is 2.58. The number of anilines is 1. The number of hydrogen-bond donors (Lipinski definition) is 1. The van der Waals surface area contributed by atoms with E-state index in [0.29, 0.717) is 5.56 Å². The van der Waals surface area contributed by atoms with Crippen molar-refractivity contribution < 1.29 is 4.79 Å². The van der Waals surface area contributed by atoms with Crippen molar-refractivity contribution in [2.75, 3.05) is 11.9 Å². The number of carbonyl (C=O) groups is 1. The Hall–Kier alpha value is -5.93. The quantitative estimate of drug-likeness (QED) is 0.108. The zero-order chi connectivity index (χ0) is 33.1. The van der Waals surface area contributed by atoms with E-state index in [4.69, 9.17) is 0 Å². The predicted molar refractivity (Wildman–Crippen MR) is 211 cm³/mol. The summed E-state index contributed by atoms with van der Waals surface area (Å²) in [6.45, 7) is 4.91. The summed E-state index contributed by atoms with van der Waals surface area (Å²) < 4.78 is 0. The first kappa shape index (κ1) is 29.2. The third kappa shape index (κ3) is 4.46. The van der Waals surface area contributed by atoms with Crippen LogP contribution in [0.4, 0.5) is 5.69 Å². The molecule has 231 valence electrons. The normalized spacial score (nSPS) is 11.6. The molecule has 0 saturated heterocycles. The summed E-state index contributed by atoms with van der Waals surface area (Å²) in [6, 6.07) is 50.5. The number of hydrogen-bond acceptors (Lipinski definition) is 2. The summed E-state index contributed by atoms with van der Waals surface area (Å²) in [5, 5.41) is 10.9. The van der Waals surface area contributed by atoms with E-state index in [2.05, 4.69) is 153 Å². The van der Waals surface area contributed by atoms with E-state index in [0.717, 1.165) is 35.1 Å². The first-order valence-electron chi connectivity index (χ1n) is 17.1. The van der Waals surface area contributed by atoms with Crippen LogP contribution in [0.2, 0.25) is 6.82 Å². The SMILES string of the molecule is C[B]c1cc(-c2ccc3c(-c4ccccc4)c4c(c(-c5ccccc5)c3c2)-c2cccc3c2c-4cc2ccccc23)c(C=O)cc1NCC. The highest BCUT2D eigenvalue weighted by Gasteiger charge is 2.31. The van der Waals surface area contributed by atoms with Gasteiger partial charge in [-0.2, -0.15) is 0 Å². The van der Waals surface area contributed by atoms with Crippen LogP contribution in [-0.4, -0.2) is 20.1 Å². The van der Waals surface area contributed by atoms with E-state index < -0.39 is 0 Å². The average Bonchev–Trinajstić information content (AvgIpc) is 3.48. The molecule has 1 aliphatic carbocycles. The molecular formula is C46H33BNO. The van der Waals surface area contributed by atoms with Crippen LogP contribution in [0.15, 0.2) is 140 Å². The summed E-state index contributed by atoms with van der Waals surface area (Å²) in [5.74, 6) is 0. The molecule has 0 bridgehead atoms. The maximum atomic E-state index is 12.6. The molecule has 9 rings (SSSR count). The second-order valence-corrected chi connectivity index (χ2v) is 12.8. The van der Waals surface area contributed by atoms with Crippen LogP contribution < -0.4 is 10.8 Å². The summed E-state index contributed by atoms with van der Waals surface area (Å²) in [5.41, 5.74) is 14.6. The van der Waals surface area contributed by atoms with Crippen molar-refractivity contribution in [1.29, 1.82) is 0 Å². The lowest BCUT2D eigenvalue weighted by Gasteiger charge is -2.22. The lowest BCUT2D eigenvalue weighted by Crippen LogP contribution is -2.18. The number of benzene rings is 8. The molecule has 2 nitrogen and oxygen atoms in total. The van der Waals surface area contributed by atoms with Gasteiger partial charge in [0.25, 0.3) is 0 Å². The van der Waals surface area contributed by atoms with E-state index in [-0.39, 0.29) is 0 Å². The maximum absolute atomic E-state index is 12.6. The van der Waals surface area contributed by atoms with Crippen molar-refractivity contribution in [2.24, 2.45) is 0 Å². The van der Waals surface area contributed by atoms with E-state index >= 15 is 0 Å². The first-order valence-corrected chi connectivity index (χ1v) is 17.1. The van der Waals surface area contributed by atoms with Crippen molar-refractivity contribution in [3.05, 3.63) is 145 Å². The molecule has 0 atom stereocenters. The minimum Gasteiger partial charge on any atom is -0.386 e. The Morgan fingerprint density at radius 1 is 0.551 bits per heavy atom. The Morgan fingerprint density at radius 3 is 1.94 bits per heavy atom. The van der Waals surface area contributed by atoms with Gasteiger partial charge in [0.1, 0.15) is 0 Å². The Kier molecular flexibility index (Phi) is 6.95. The summed E-state index contributed by atoms with van der Waals surface area (Å²) in [7, 11) is 2.11. The van der Waals surface area contributed by atoms with Crippen molar-refractivity contribution in [2.45, 2.75) is 13.7 Å². The molecular weight excluding hydrogens is 593 g/mol. The number of rotatable bonds is 7. The Bertz CT molecular complexity index is 2610. The third-order valence-corrected chi connectivity index (χ3v) is 10.2. The van der Waals surface area contributed by atoms with Gasteiger partial charge in [0.05, 0.1) is 0 Å². The first-order chi connectivity index (χ1) is 24.2. The molecule has 3 heteroatoms. The van der Waals surface area contributed by atoms with Gasteiger partial charge in [-0.15, -0.1) is 0 Å². The number of nitrogens with one attached hydrogen (secondary N) is 1. The highest BCUT2D eigenvalue weighted by molar-refractivity contribution is 6.54. The molecule has 1 N–H and O–H groups in total. The molecule has 0 aromatic heterocycles. The van der Waals surface area contributed by atoms with E-state index in [9.17, 15) is 4.79 Å². The van der Waals surface area contributed by atoms with Crippen LogP contribution in [0.25, 0.3) is 88.0 Å². The number of fused-ring (bicyclic) bond motifs is 6. The van der Waals surface area contributed by atoms with Gasteiger partial charge >= 0.3 is 0 Å². The molecule has 0 amide bonds. The summed E-state index contributed by atoms with van der Waals surface area (Å²) >= 11 is 0. The topological polar surface area (TPSA) is 29.1 Å². The van der Waals surface area contributed by atoms with Crippen LogP contribution in [-0.2, 0) is 0 Å². The molecule has 1 radical (unpaired) electrons. The molecule has 0 fully saturated rings. The second-order valence-electron chi connectivity index (χ2n) is 12.8. The second kappa shape index (κ2) is 11.6. The molecule has 0 spiro atoms. The molecule has 0 saturated carbocycles. The van der Waals surface area contributed by atoms with Crippen LogP contribution in [0.5, 0.6) is 0 Å². The van der Waals surface area contributed by atoms with E-state index in [1.807, 2.05) is 12.9 Å². The molecule has 8 aromatic carbocycles. The van der Waals surface area contributed by atoms with Crippen LogP contribution in [0, 0.1) is 0 Å². The van der Waals surface area contributed by atoms with Crippen molar-refractivity contribution in [3.63, 3.8) is 0 Å². The molecule has 0 unspecified atom stereocenters. The van der Waals surface area contributed by atoms with Gasteiger partial charge in [0, 0.05) is 17.8 Å². The zero-order valence-corrected chi connectivity index (χ0v) is 27.5. The fourth-order valence-corrected chi connectivity index (χ4v) is 8.14. The largest absolute Gasteiger partial charge is 0.386 e. The standard InChI is InChI=1S/C46H33BNO/c1-3-48-41-25-32(27-49)37(26-40(41)47-2)31-21-22-35-38(23-31)43(29-15-8-5-9-16-29)45-36-20-12-19-34-33-18-11-10-17-30(33)24-39(44(34)36)46(45)42(35)28-13-6-4-7-14-28/h4-27,48H,3H2,1-2H3. The van der Waals surface area contributed by atoms with Crippen LogP contribution >= 0.6 is 0 Å². The maximum Gasteiger partial charge on any atom is 0.151 e. The van der Waals surface area contributed by atoms with Gasteiger partial charge in [-0.1, -0.05) is 134 Å². The minimum atomic E-state index is 0.676. The van der Waals surface area contributed by atoms with Gasteiger partial charge in [-0.25, -0.2) is 0 Å². The highest BCUT2D eigenvalue weighted by atomic mass is 16.1. The van der Waals surface area contributed by atoms with Gasteiger partial charge < -0.3 is 5.32 Å². The smallest absolute Gasteiger partial charge is 0.151 e. The van der Waals surface area contributed by atoms with Crippen molar-refractivity contribution in [1.82, 2.24) is 0 Å². The number of carbonyl (C=O) groups excluding carboxylic acids is 1. The Balaban J connectivity index is 1.46. The molecule has 49 heavy (non-hydrogen) atoms. The molecule has 8 aromatic rings. The van der Waals surface area contributed by atoms with Gasteiger partial charge in [-0.3, -0.25) is 4.79 Å². The summed E-state index contributed by atoms with van der Waals surface area (Å²) in [6.07, 6.45) is 0.984. The Labute approximate surface area is 287 Å². The van der Waals surface area contributed by atoms with E-state index in [1.54, 1.807) is 0 Å². The summed E-state index contributed by atoms with van der Waals surface area (Å²) in [4.78, 5) is 12.6. The molecule has 0 aliphatic heterocycles. The Morgan fingerprint density at radius 2 is 1.22 bits per heavy atom. The predicted octanol–water partition coefficient (Wildman–Crippen LogP) is 11.4.